The molecule has 0 saturated heterocycles. The Labute approximate surface area is 117 Å². The van der Waals surface area contributed by atoms with Gasteiger partial charge in [0.25, 0.3) is 0 Å². The SMILES string of the molecule is COc1cccc(Oc2ccc(Cl)cc2)c1[C@@H](C)N. The smallest absolute Gasteiger partial charge is 0.135 e. The van der Waals surface area contributed by atoms with E-state index in [-0.39, 0.29) is 6.04 Å². The van der Waals surface area contributed by atoms with Crippen LogP contribution in [0.4, 0.5) is 0 Å². The summed E-state index contributed by atoms with van der Waals surface area (Å²) in [6.07, 6.45) is 0. The molecule has 0 bridgehead atoms. The second-order valence-electron chi connectivity index (χ2n) is 4.22. The molecule has 0 saturated carbocycles. The van der Waals surface area contributed by atoms with E-state index >= 15 is 0 Å². The Balaban J connectivity index is 2.36. The maximum absolute atomic E-state index is 5.99. The highest BCUT2D eigenvalue weighted by molar-refractivity contribution is 6.30. The molecule has 2 aromatic rings. The maximum Gasteiger partial charge on any atom is 0.135 e. The van der Waals surface area contributed by atoms with Gasteiger partial charge in [0.05, 0.1) is 12.7 Å². The number of halogens is 1. The van der Waals surface area contributed by atoms with Crippen molar-refractivity contribution < 1.29 is 9.47 Å². The standard InChI is InChI=1S/C15H16ClNO2/c1-10(17)15-13(18-2)4-3-5-14(15)19-12-8-6-11(16)7-9-12/h3-10H,17H2,1-2H3/t10-/m1/s1. The first-order valence-electron chi connectivity index (χ1n) is 5.97. The van der Waals surface area contributed by atoms with Gasteiger partial charge in [-0.15, -0.1) is 0 Å². The number of hydrogen-bond donors (Lipinski definition) is 1. The molecular weight excluding hydrogens is 262 g/mol. The van der Waals surface area contributed by atoms with Gasteiger partial charge in [-0.05, 0) is 43.3 Å². The van der Waals surface area contributed by atoms with Crippen LogP contribution in [-0.4, -0.2) is 7.11 Å². The number of rotatable bonds is 4. The summed E-state index contributed by atoms with van der Waals surface area (Å²) < 4.78 is 11.2. The zero-order chi connectivity index (χ0) is 13.8. The first kappa shape index (κ1) is 13.7. The molecule has 1 atom stereocenters. The van der Waals surface area contributed by atoms with Gasteiger partial charge in [-0.25, -0.2) is 0 Å². The summed E-state index contributed by atoms with van der Waals surface area (Å²) in [6, 6.07) is 12.6. The Morgan fingerprint density at radius 1 is 1.05 bits per heavy atom. The third kappa shape index (κ3) is 3.19. The largest absolute Gasteiger partial charge is 0.496 e. The van der Waals surface area contributed by atoms with Crippen LogP contribution >= 0.6 is 11.6 Å². The van der Waals surface area contributed by atoms with Gasteiger partial charge in [-0.1, -0.05) is 17.7 Å². The van der Waals surface area contributed by atoms with Crippen LogP contribution in [0.1, 0.15) is 18.5 Å². The van der Waals surface area contributed by atoms with E-state index in [1.54, 1.807) is 19.2 Å². The van der Waals surface area contributed by atoms with Gasteiger partial charge in [-0.2, -0.15) is 0 Å². The zero-order valence-electron chi connectivity index (χ0n) is 10.9. The number of ether oxygens (including phenoxy) is 2. The predicted octanol–water partition coefficient (Wildman–Crippen LogP) is 4.16. The average molecular weight is 278 g/mol. The molecule has 2 N–H and O–H groups in total. The van der Waals surface area contributed by atoms with Crippen LogP contribution in [0, 0.1) is 0 Å². The van der Waals surface area contributed by atoms with Gasteiger partial charge in [0.15, 0.2) is 0 Å². The van der Waals surface area contributed by atoms with Crippen molar-refractivity contribution in [1.29, 1.82) is 0 Å². The molecule has 4 heteroatoms. The molecule has 0 aliphatic carbocycles. The monoisotopic (exact) mass is 277 g/mol. The Hall–Kier alpha value is -1.71. The maximum atomic E-state index is 5.99. The molecule has 2 rings (SSSR count). The lowest BCUT2D eigenvalue weighted by molar-refractivity contribution is 0.397. The quantitative estimate of drug-likeness (QED) is 0.912. The molecule has 19 heavy (non-hydrogen) atoms. The summed E-state index contributed by atoms with van der Waals surface area (Å²) in [6.45, 7) is 1.90. The van der Waals surface area contributed by atoms with Gasteiger partial charge in [0, 0.05) is 11.1 Å². The predicted molar refractivity (Wildman–Crippen MR) is 77.1 cm³/mol. The van der Waals surface area contributed by atoms with E-state index in [1.807, 2.05) is 37.3 Å². The molecule has 0 aliphatic heterocycles. The van der Waals surface area contributed by atoms with E-state index in [9.17, 15) is 0 Å². The molecule has 0 spiro atoms. The normalized spacial score (nSPS) is 12.0. The Bertz CT molecular complexity index is 553. The third-order valence-corrected chi connectivity index (χ3v) is 2.99. The lowest BCUT2D eigenvalue weighted by atomic mass is 10.1. The first-order chi connectivity index (χ1) is 9.11. The molecule has 0 amide bonds. The second-order valence-corrected chi connectivity index (χ2v) is 4.65. The van der Waals surface area contributed by atoms with Crippen LogP contribution in [0.5, 0.6) is 17.2 Å². The fourth-order valence-corrected chi connectivity index (χ4v) is 2.00. The highest BCUT2D eigenvalue weighted by Gasteiger charge is 2.14. The van der Waals surface area contributed by atoms with Crippen LogP contribution in [0.15, 0.2) is 42.5 Å². The second kappa shape index (κ2) is 5.95. The molecule has 0 aliphatic rings. The van der Waals surface area contributed by atoms with Crippen LogP contribution in [-0.2, 0) is 0 Å². The molecule has 0 fully saturated rings. The zero-order valence-corrected chi connectivity index (χ0v) is 11.6. The highest BCUT2D eigenvalue weighted by Crippen LogP contribution is 2.35. The van der Waals surface area contributed by atoms with Gasteiger partial charge >= 0.3 is 0 Å². The van der Waals surface area contributed by atoms with Gasteiger partial charge in [-0.3, -0.25) is 0 Å². The van der Waals surface area contributed by atoms with Gasteiger partial charge in [0.1, 0.15) is 17.2 Å². The van der Waals surface area contributed by atoms with Crippen molar-refractivity contribution >= 4 is 11.6 Å². The Morgan fingerprint density at radius 3 is 2.26 bits per heavy atom. The fourth-order valence-electron chi connectivity index (χ4n) is 1.87. The molecule has 0 radical (unpaired) electrons. The number of methoxy groups -OCH3 is 1. The van der Waals surface area contributed by atoms with Crippen molar-refractivity contribution in [3.05, 3.63) is 53.1 Å². The highest BCUT2D eigenvalue weighted by atomic mass is 35.5. The Morgan fingerprint density at radius 2 is 1.68 bits per heavy atom. The summed E-state index contributed by atoms with van der Waals surface area (Å²) in [4.78, 5) is 0. The number of hydrogen-bond acceptors (Lipinski definition) is 3. The van der Waals surface area contributed by atoms with Crippen molar-refractivity contribution in [3.63, 3.8) is 0 Å². The lowest BCUT2D eigenvalue weighted by Crippen LogP contribution is -2.08. The van der Waals surface area contributed by atoms with Crippen molar-refractivity contribution in [1.82, 2.24) is 0 Å². The van der Waals surface area contributed by atoms with E-state index < -0.39 is 0 Å². The van der Waals surface area contributed by atoms with Crippen LogP contribution in [0.2, 0.25) is 5.02 Å². The van der Waals surface area contributed by atoms with Crippen molar-refractivity contribution in [2.75, 3.05) is 7.11 Å². The Kier molecular flexibility index (Phi) is 4.30. The number of nitrogens with two attached hydrogens (primary N) is 1. The summed E-state index contributed by atoms with van der Waals surface area (Å²) in [7, 11) is 1.62. The summed E-state index contributed by atoms with van der Waals surface area (Å²) in [5.74, 6) is 2.12. The lowest BCUT2D eigenvalue weighted by Gasteiger charge is -2.17. The molecule has 0 unspecified atom stereocenters. The first-order valence-corrected chi connectivity index (χ1v) is 6.35. The van der Waals surface area contributed by atoms with E-state index in [0.717, 1.165) is 11.3 Å². The summed E-state index contributed by atoms with van der Waals surface area (Å²) in [5.41, 5.74) is 6.83. The molecule has 0 aromatic heterocycles. The van der Waals surface area contributed by atoms with Crippen molar-refractivity contribution in [3.8, 4) is 17.2 Å². The van der Waals surface area contributed by atoms with Crippen LogP contribution in [0.3, 0.4) is 0 Å². The van der Waals surface area contributed by atoms with Crippen LogP contribution in [0.25, 0.3) is 0 Å². The fraction of sp³-hybridized carbons (Fsp3) is 0.200. The average Bonchev–Trinajstić information content (AvgIpc) is 2.40. The molecular formula is C15H16ClNO2. The minimum Gasteiger partial charge on any atom is -0.496 e. The number of benzene rings is 2. The minimum atomic E-state index is -0.182. The van der Waals surface area contributed by atoms with E-state index in [4.69, 9.17) is 26.8 Å². The van der Waals surface area contributed by atoms with Crippen LogP contribution < -0.4 is 15.2 Å². The molecule has 0 heterocycles. The van der Waals surface area contributed by atoms with E-state index in [0.29, 0.717) is 16.5 Å². The van der Waals surface area contributed by atoms with E-state index in [1.165, 1.54) is 0 Å². The summed E-state index contributed by atoms with van der Waals surface area (Å²) >= 11 is 5.85. The molecule has 2 aromatic carbocycles. The van der Waals surface area contributed by atoms with Gasteiger partial charge in [0.2, 0.25) is 0 Å². The topological polar surface area (TPSA) is 44.5 Å². The summed E-state index contributed by atoms with van der Waals surface area (Å²) in [5, 5.41) is 0.672. The third-order valence-electron chi connectivity index (χ3n) is 2.74. The molecule has 100 valence electrons. The van der Waals surface area contributed by atoms with Crippen molar-refractivity contribution in [2.24, 2.45) is 5.73 Å². The van der Waals surface area contributed by atoms with E-state index in [2.05, 4.69) is 0 Å². The van der Waals surface area contributed by atoms with Crippen molar-refractivity contribution in [2.45, 2.75) is 13.0 Å². The van der Waals surface area contributed by atoms with Gasteiger partial charge < -0.3 is 15.2 Å². The molecule has 3 nitrogen and oxygen atoms in total. The minimum absolute atomic E-state index is 0.182.